The summed E-state index contributed by atoms with van der Waals surface area (Å²) < 4.78 is 0. The number of piperidine rings is 1. The second-order valence-electron chi connectivity index (χ2n) is 11.1. The van der Waals surface area contributed by atoms with E-state index in [1.54, 1.807) is 0 Å². The van der Waals surface area contributed by atoms with Crippen LogP contribution in [0.25, 0.3) is 0 Å². The van der Waals surface area contributed by atoms with Crippen LogP contribution < -0.4 is 31.9 Å². The lowest BCUT2D eigenvalue weighted by Crippen LogP contribution is -2.60. The third-order valence-corrected chi connectivity index (χ3v) is 7.61. The highest BCUT2D eigenvalue weighted by Gasteiger charge is 2.33. The molecule has 0 aromatic carbocycles. The zero-order chi connectivity index (χ0) is 37.1. The van der Waals surface area contributed by atoms with Gasteiger partial charge in [0.1, 0.15) is 24.2 Å². The van der Waals surface area contributed by atoms with E-state index in [9.17, 15) is 64.5 Å². The monoisotopic (exact) mass is 707 g/mol. The van der Waals surface area contributed by atoms with Crippen molar-refractivity contribution in [1.82, 2.24) is 47.1 Å². The molecule has 1 saturated heterocycles. The Bertz CT molecular complexity index is 1120. The van der Waals surface area contributed by atoms with E-state index in [0.717, 1.165) is 0 Å². The van der Waals surface area contributed by atoms with Crippen molar-refractivity contribution in [2.45, 2.75) is 74.8 Å². The maximum atomic E-state index is 12.9. The number of carbonyl (C=O) groups is 7. The summed E-state index contributed by atoms with van der Waals surface area (Å²) in [7, 11) is 2.89. The van der Waals surface area contributed by atoms with E-state index in [-0.39, 0.29) is 63.2 Å². The number of hydrogen-bond acceptors (Lipinski definition) is 15. The molecular formula is C27H49N9O13. The Morgan fingerprint density at radius 3 is 1.76 bits per heavy atom. The van der Waals surface area contributed by atoms with Crippen molar-refractivity contribution in [1.29, 1.82) is 0 Å². The van der Waals surface area contributed by atoms with Crippen LogP contribution >= 0.6 is 0 Å². The molecule has 1 heterocycles. The van der Waals surface area contributed by atoms with Crippen molar-refractivity contribution in [3.05, 3.63) is 0 Å². The molecule has 22 heteroatoms. The molecule has 0 bridgehead atoms. The lowest BCUT2D eigenvalue weighted by molar-refractivity contribution is -0.173. The topological polar surface area (TPSA) is 323 Å². The number of amides is 7. The molecule has 1 fully saturated rings. The van der Waals surface area contributed by atoms with Crippen LogP contribution in [0.5, 0.6) is 0 Å². The molecule has 0 aromatic rings. The zero-order valence-electron chi connectivity index (χ0n) is 27.4. The molecule has 12 N–H and O–H groups in total. The van der Waals surface area contributed by atoms with Crippen LogP contribution in [-0.2, 0) is 33.6 Å². The minimum Gasteiger partial charge on any atom is -0.394 e. The Morgan fingerprint density at radius 1 is 0.796 bits per heavy atom. The molecule has 0 spiro atoms. The molecule has 0 radical (unpaired) electrons. The smallest absolute Gasteiger partial charge is 0.270 e. The fourth-order valence-corrected chi connectivity index (χ4v) is 4.71. The van der Waals surface area contributed by atoms with Crippen LogP contribution in [0.3, 0.4) is 0 Å². The van der Waals surface area contributed by atoms with Crippen molar-refractivity contribution in [2.75, 3.05) is 53.6 Å². The molecule has 1 aliphatic rings. The van der Waals surface area contributed by atoms with Gasteiger partial charge < -0.3 is 47.2 Å². The molecule has 6 unspecified atom stereocenters. The summed E-state index contributed by atoms with van der Waals surface area (Å²) in [5, 5.41) is 73.7. The number of aliphatic hydroxyl groups is 3. The average Bonchev–Trinajstić information content (AvgIpc) is 3.09. The van der Waals surface area contributed by atoms with Gasteiger partial charge in [-0.1, -0.05) is 0 Å². The number of likely N-dealkylation sites (N-methyl/N-ethyl adjacent to an activating group) is 2. The van der Waals surface area contributed by atoms with Gasteiger partial charge in [-0.25, -0.2) is 15.2 Å². The first-order chi connectivity index (χ1) is 23.3. The molecule has 0 aromatic heterocycles. The molecule has 22 nitrogen and oxygen atoms in total. The van der Waals surface area contributed by atoms with Crippen LogP contribution in [0, 0.1) is 0 Å². The van der Waals surface area contributed by atoms with Gasteiger partial charge >= 0.3 is 0 Å². The number of hydrogen-bond donors (Lipinski definition) is 12. The predicted octanol–water partition coefficient (Wildman–Crippen LogP) is -6.28. The van der Waals surface area contributed by atoms with Crippen LogP contribution in [0.1, 0.15) is 38.5 Å². The number of nitrogens with zero attached hydrogens (tertiary/aromatic N) is 3. The highest BCUT2D eigenvalue weighted by atomic mass is 16.5. The van der Waals surface area contributed by atoms with E-state index in [1.807, 2.05) is 0 Å². The van der Waals surface area contributed by atoms with Gasteiger partial charge in [-0.2, -0.15) is 0 Å². The number of aliphatic hydroxyl groups excluding tert-OH is 3. The lowest BCUT2D eigenvalue weighted by atomic mass is 10.1. The first kappa shape index (κ1) is 43.0. The Balaban J connectivity index is 2.65. The standard InChI is InChI=1S/C27H49N9O13/c1-28-16(6-3-9-34(47)15-40)23(42)33-21(14-39)27(46)36(49)10-4-7-17(29-2)22(41)31-20(13-38)25(44)32-19(12-37)24(43)30-18-8-5-11-35(48)26(18)45/h15-21,28-29,37-39,47-49H,3-14H2,1-2H3,(H,30,43)(H,31,41)(H,32,44)(H,33,42). The van der Waals surface area contributed by atoms with Crippen LogP contribution in [0.4, 0.5) is 0 Å². The van der Waals surface area contributed by atoms with Crippen molar-refractivity contribution in [2.24, 2.45) is 0 Å². The maximum absolute atomic E-state index is 12.9. The van der Waals surface area contributed by atoms with E-state index >= 15 is 0 Å². The fourth-order valence-electron chi connectivity index (χ4n) is 4.71. The molecule has 280 valence electrons. The lowest BCUT2D eigenvalue weighted by Gasteiger charge is -2.29. The van der Waals surface area contributed by atoms with Gasteiger partial charge in [-0.05, 0) is 52.6 Å². The summed E-state index contributed by atoms with van der Waals surface area (Å²) in [6.45, 7) is -2.91. The Kier molecular flexibility index (Phi) is 19.8. The minimum atomic E-state index is -1.56. The van der Waals surface area contributed by atoms with Gasteiger partial charge in [0.2, 0.25) is 30.0 Å². The molecule has 49 heavy (non-hydrogen) atoms. The van der Waals surface area contributed by atoms with Crippen LogP contribution in [-0.4, -0.2) is 178 Å². The van der Waals surface area contributed by atoms with E-state index < -0.39 is 91.5 Å². The maximum Gasteiger partial charge on any atom is 0.270 e. The van der Waals surface area contributed by atoms with E-state index in [4.69, 9.17) is 0 Å². The largest absolute Gasteiger partial charge is 0.394 e. The highest BCUT2D eigenvalue weighted by molar-refractivity contribution is 5.95. The highest BCUT2D eigenvalue weighted by Crippen LogP contribution is 2.10. The fraction of sp³-hybridized carbons (Fsp3) is 0.741. The summed E-state index contributed by atoms with van der Waals surface area (Å²) in [5.41, 5.74) is 0. The molecule has 7 amide bonds. The Morgan fingerprint density at radius 2 is 1.27 bits per heavy atom. The van der Waals surface area contributed by atoms with Gasteiger partial charge in [0.25, 0.3) is 11.8 Å². The van der Waals surface area contributed by atoms with E-state index in [1.165, 1.54) is 14.1 Å². The average molecular weight is 708 g/mol. The van der Waals surface area contributed by atoms with Crippen LogP contribution in [0.2, 0.25) is 0 Å². The van der Waals surface area contributed by atoms with Crippen molar-refractivity contribution < 1.29 is 64.5 Å². The first-order valence-electron chi connectivity index (χ1n) is 15.6. The molecule has 6 atom stereocenters. The van der Waals surface area contributed by atoms with Gasteiger partial charge in [-0.3, -0.25) is 49.2 Å². The van der Waals surface area contributed by atoms with Crippen LogP contribution in [0.15, 0.2) is 0 Å². The van der Waals surface area contributed by atoms with Gasteiger partial charge in [0.15, 0.2) is 0 Å². The quantitative estimate of drug-likeness (QED) is 0.0267. The molecule has 1 rings (SSSR count). The first-order valence-corrected chi connectivity index (χ1v) is 15.6. The molecule has 0 saturated carbocycles. The van der Waals surface area contributed by atoms with Crippen molar-refractivity contribution in [3.63, 3.8) is 0 Å². The Hall–Kier alpha value is -4.03. The normalized spacial score (nSPS) is 17.5. The molecule has 1 aliphatic heterocycles. The second kappa shape index (κ2) is 22.6. The third kappa shape index (κ3) is 14.2. The number of rotatable bonds is 23. The summed E-state index contributed by atoms with van der Waals surface area (Å²) in [6, 6.07) is -7.54. The van der Waals surface area contributed by atoms with Crippen molar-refractivity contribution in [3.8, 4) is 0 Å². The summed E-state index contributed by atoms with van der Waals surface area (Å²) in [4.78, 5) is 85.9. The van der Waals surface area contributed by atoms with Crippen molar-refractivity contribution >= 4 is 41.9 Å². The summed E-state index contributed by atoms with van der Waals surface area (Å²) in [6.07, 6.45) is 1.23. The third-order valence-electron chi connectivity index (χ3n) is 7.61. The minimum absolute atomic E-state index is 0.00789. The van der Waals surface area contributed by atoms with E-state index in [2.05, 4.69) is 31.9 Å². The van der Waals surface area contributed by atoms with E-state index in [0.29, 0.717) is 16.5 Å². The summed E-state index contributed by atoms with van der Waals surface area (Å²) in [5.74, 6) is -5.21. The SMILES string of the molecule is CNC(CCCN(O)C(=O)C(CO)NC(=O)C(CCCN(O)C=O)NC)C(=O)NC(CO)C(=O)NC(CO)C(=O)NC1CCCN(O)C1=O. The number of nitrogens with one attached hydrogen (secondary N) is 6. The van der Waals surface area contributed by atoms with Gasteiger partial charge in [-0.15, -0.1) is 0 Å². The zero-order valence-corrected chi connectivity index (χ0v) is 27.4. The second-order valence-corrected chi connectivity index (χ2v) is 11.1. The molecular weight excluding hydrogens is 658 g/mol. The van der Waals surface area contributed by atoms with Gasteiger partial charge in [0, 0.05) is 19.6 Å². The van der Waals surface area contributed by atoms with Gasteiger partial charge in [0.05, 0.1) is 31.9 Å². The number of carbonyl (C=O) groups excluding carboxylic acids is 7. The molecule has 0 aliphatic carbocycles. The predicted molar refractivity (Wildman–Crippen MR) is 164 cm³/mol. The Labute approximate surface area is 282 Å². The number of hydroxylamine groups is 6. The summed E-state index contributed by atoms with van der Waals surface area (Å²) >= 11 is 0.